The molecule has 53 heavy (non-hydrogen) atoms. The molecule has 0 saturated carbocycles. The van der Waals surface area contributed by atoms with Crippen LogP contribution in [0.4, 0.5) is 0 Å². The van der Waals surface area contributed by atoms with E-state index in [2.05, 4.69) is 0 Å². The molecular formula is C38H40Cl4N2O9. The van der Waals surface area contributed by atoms with Crippen LogP contribution in [-0.4, -0.2) is 59.2 Å². The van der Waals surface area contributed by atoms with Gasteiger partial charge in [0.1, 0.15) is 31.1 Å². The molecule has 0 aliphatic carbocycles. The number of aromatic nitrogens is 2. The molecule has 0 spiro atoms. The zero-order valence-electron chi connectivity index (χ0n) is 29.3. The van der Waals surface area contributed by atoms with Gasteiger partial charge in [-0.1, -0.05) is 88.9 Å². The highest BCUT2D eigenvalue weighted by atomic mass is 35.5. The molecule has 284 valence electrons. The summed E-state index contributed by atoms with van der Waals surface area (Å²) in [4.78, 5) is 27.4. The van der Waals surface area contributed by atoms with Crippen LogP contribution in [0.1, 0.15) is 42.3 Å². The van der Waals surface area contributed by atoms with E-state index in [9.17, 15) is 9.59 Å². The fourth-order valence-corrected chi connectivity index (χ4v) is 7.07. The molecule has 1 aromatic heterocycles. The Morgan fingerprint density at radius 1 is 0.811 bits per heavy atom. The smallest absolute Gasteiger partial charge is 0.335 e. The van der Waals surface area contributed by atoms with Gasteiger partial charge in [0, 0.05) is 31.9 Å². The second-order valence-corrected chi connectivity index (χ2v) is 15.0. The Morgan fingerprint density at radius 3 is 2.13 bits per heavy atom. The van der Waals surface area contributed by atoms with E-state index < -0.39 is 47.7 Å². The first-order valence-corrected chi connectivity index (χ1v) is 18.5. The largest absolute Gasteiger partial charge is 0.374 e. The summed E-state index contributed by atoms with van der Waals surface area (Å²) < 4.78 is 45.8. The molecule has 4 aromatic rings. The lowest BCUT2D eigenvalue weighted by molar-refractivity contribution is -0.156. The Morgan fingerprint density at radius 2 is 1.49 bits per heavy atom. The van der Waals surface area contributed by atoms with Crippen molar-refractivity contribution in [2.24, 2.45) is 0 Å². The molecule has 2 fully saturated rings. The van der Waals surface area contributed by atoms with Gasteiger partial charge in [-0.15, -0.1) is 0 Å². The molecule has 11 nitrogen and oxygen atoms in total. The minimum Gasteiger partial charge on any atom is -0.374 e. The van der Waals surface area contributed by atoms with E-state index in [1.165, 1.54) is 10.8 Å². The van der Waals surface area contributed by atoms with Gasteiger partial charge in [-0.2, -0.15) is 0 Å². The summed E-state index contributed by atoms with van der Waals surface area (Å²) in [5.74, 6) is -0.788. The first-order valence-electron chi connectivity index (χ1n) is 17.0. The van der Waals surface area contributed by atoms with Crippen LogP contribution in [0.3, 0.4) is 0 Å². The van der Waals surface area contributed by atoms with Crippen LogP contribution in [0, 0.1) is 6.92 Å². The van der Waals surface area contributed by atoms with E-state index in [0.717, 1.165) is 15.7 Å². The van der Waals surface area contributed by atoms with Gasteiger partial charge >= 0.3 is 5.69 Å². The van der Waals surface area contributed by atoms with Crippen molar-refractivity contribution in [2.45, 2.75) is 83.8 Å². The zero-order valence-corrected chi connectivity index (χ0v) is 32.4. The normalized spacial score (nSPS) is 22.4. The number of hydrogen-bond donors (Lipinski definition) is 0. The molecule has 3 aromatic carbocycles. The van der Waals surface area contributed by atoms with Crippen molar-refractivity contribution >= 4 is 46.4 Å². The summed E-state index contributed by atoms with van der Waals surface area (Å²) in [5, 5.41) is 1.86. The third kappa shape index (κ3) is 10.1. The maximum absolute atomic E-state index is 14.1. The molecule has 0 unspecified atom stereocenters. The molecule has 2 saturated heterocycles. The maximum Gasteiger partial charge on any atom is 0.335 e. The predicted octanol–water partition coefficient (Wildman–Crippen LogP) is 7.34. The van der Waals surface area contributed by atoms with Crippen LogP contribution >= 0.6 is 46.4 Å². The summed E-state index contributed by atoms with van der Waals surface area (Å²) in [5.41, 5.74) is 1.45. The summed E-state index contributed by atoms with van der Waals surface area (Å²) in [6, 6.07) is 19.7. The number of aryl methyl sites for hydroxylation is 1. The molecule has 6 rings (SSSR count). The van der Waals surface area contributed by atoms with Crippen molar-refractivity contribution < 1.29 is 33.2 Å². The summed E-state index contributed by atoms with van der Waals surface area (Å²) in [6.45, 7) is 5.81. The summed E-state index contributed by atoms with van der Waals surface area (Å²) in [7, 11) is 0. The van der Waals surface area contributed by atoms with Gasteiger partial charge in [0.2, 0.25) is 0 Å². The third-order valence-electron chi connectivity index (χ3n) is 8.80. The fraction of sp³-hybridized carbons (Fsp3) is 0.421. The molecule has 15 heteroatoms. The molecule has 2 aliphatic heterocycles. The van der Waals surface area contributed by atoms with Crippen molar-refractivity contribution in [2.75, 3.05) is 19.8 Å². The standard InChI is InChI=1S/C38H40Cl4N2O9/c1-23-15-43(37(46)44(35(23)45)22-48-16-24-7-5-4-6-8-24)36-34(50-19-29-20-51-38(2,3)53-29)33(49-18-26-10-12-28(40)14-31(26)42)32(52-36)21-47-17-25-9-11-27(39)13-30(25)41/h4-15,29,32-34,36H,16-22H2,1-3H3/t29-,32-,33-,34-,36-/m1/s1. The zero-order chi connectivity index (χ0) is 37.7. The van der Waals surface area contributed by atoms with Crippen LogP contribution in [0.2, 0.25) is 20.1 Å². The SMILES string of the molecule is Cc1cn([C@@H]2O[C@H](COCc3ccc(Cl)cc3Cl)[C@@H](OCc3ccc(Cl)cc3Cl)[C@H]2OC[C@@H]2COC(C)(C)O2)c(=O)n(COCc2ccccc2)c1=O. The van der Waals surface area contributed by atoms with Gasteiger partial charge in [0.25, 0.3) is 5.56 Å². The van der Waals surface area contributed by atoms with Crippen LogP contribution in [-0.2, 0) is 59.7 Å². The Labute approximate surface area is 327 Å². The Kier molecular flexibility index (Phi) is 13.4. The molecule has 0 N–H and O–H groups in total. The first-order chi connectivity index (χ1) is 25.4. The lowest BCUT2D eigenvalue weighted by Crippen LogP contribution is -2.46. The van der Waals surface area contributed by atoms with Crippen LogP contribution < -0.4 is 11.2 Å². The molecule has 0 amide bonds. The Balaban J connectivity index is 1.31. The number of ether oxygens (including phenoxy) is 7. The summed E-state index contributed by atoms with van der Waals surface area (Å²) in [6.07, 6.45) is -2.46. The maximum atomic E-state index is 14.1. The van der Waals surface area contributed by atoms with Gasteiger partial charge in [-0.3, -0.25) is 9.36 Å². The highest BCUT2D eigenvalue weighted by Crippen LogP contribution is 2.36. The van der Waals surface area contributed by atoms with Gasteiger partial charge < -0.3 is 33.2 Å². The van der Waals surface area contributed by atoms with E-state index in [-0.39, 0.29) is 39.8 Å². The van der Waals surface area contributed by atoms with Crippen molar-refractivity contribution in [1.29, 1.82) is 0 Å². The average Bonchev–Trinajstić information content (AvgIpc) is 3.65. The van der Waals surface area contributed by atoms with Crippen LogP contribution in [0.15, 0.2) is 82.5 Å². The molecule has 3 heterocycles. The topological polar surface area (TPSA) is 109 Å². The van der Waals surface area contributed by atoms with E-state index in [1.54, 1.807) is 43.3 Å². The van der Waals surface area contributed by atoms with E-state index in [4.69, 9.17) is 79.6 Å². The fourth-order valence-electron chi connectivity index (χ4n) is 6.14. The first kappa shape index (κ1) is 39.9. The molecule has 0 bridgehead atoms. The van der Waals surface area contributed by atoms with Crippen molar-refractivity contribution in [3.63, 3.8) is 0 Å². The molecule has 0 radical (unpaired) electrons. The Bertz CT molecular complexity index is 1990. The minimum absolute atomic E-state index is 0.0258. The third-order valence-corrected chi connectivity index (χ3v) is 9.98. The number of benzene rings is 3. The number of nitrogens with zero attached hydrogens (tertiary/aromatic N) is 2. The van der Waals surface area contributed by atoms with E-state index in [0.29, 0.717) is 37.8 Å². The molecule has 2 aliphatic rings. The number of halogens is 4. The second kappa shape index (κ2) is 17.8. The number of hydrogen-bond acceptors (Lipinski definition) is 9. The van der Waals surface area contributed by atoms with Gasteiger partial charge in [0.15, 0.2) is 12.0 Å². The average molecular weight is 811 g/mol. The molecule has 5 atom stereocenters. The van der Waals surface area contributed by atoms with Gasteiger partial charge in [-0.05, 0) is 61.7 Å². The highest BCUT2D eigenvalue weighted by molar-refractivity contribution is 6.35. The number of rotatable bonds is 15. The summed E-state index contributed by atoms with van der Waals surface area (Å²) >= 11 is 25.2. The van der Waals surface area contributed by atoms with Gasteiger partial charge in [0.05, 0.1) is 39.6 Å². The monoisotopic (exact) mass is 808 g/mol. The van der Waals surface area contributed by atoms with Crippen LogP contribution in [0.25, 0.3) is 0 Å². The van der Waals surface area contributed by atoms with Crippen molar-refractivity contribution in [3.8, 4) is 0 Å². The van der Waals surface area contributed by atoms with E-state index >= 15 is 0 Å². The predicted molar refractivity (Wildman–Crippen MR) is 201 cm³/mol. The van der Waals surface area contributed by atoms with Gasteiger partial charge in [-0.25, -0.2) is 9.36 Å². The quantitative estimate of drug-likeness (QED) is 0.122. The lowest BCUT2D eigenvalue weighted by atomic mass is 10.1. The van der Waals surface area contributed by atoms with Crippen LogP contribution in [0.5, 0.6) is 0 Å². The van der Waals surface area contributed by atoms with Crippen molar-refractivity contribution in [3.05, 3.63) is 136 Å². The highest BCUT2D eigenvalue weighted by Gasteiger charge is 2.49. The van der Waals surface area contributed by atoms with Crippen molar-refractivity contribution in [1.82, 2.24) is 9.13 Å². The second-order valence-electron chi connectivity index (χ2n) is 13.3. The minimum atomic E-state index is -1.06. The molecular weight excluding hydrogens is 770 g/mol. The Hall–Kier alpha value is -2.78. The lowest BCUT2D eigenvalue weighted by Gasteiger charge is -2.27. The van der Waals surface area contributed by atoms with E-state index in [1.807, 2.05) is 44.2 Å².